The van der Waals surface area contributed by atoms with E-state index in [1.54, 1.807) is 0 Å². The van der Waals surface area contributed by atoms with Gasteiger partial charge in [0, 0.05) is 6.07 Å². The van der Waals surface area contributed by atoms with Crippen LogP contribution in [0.1, 0.15) is 39.3 Å². The third-order valence-corrected chi connectivity index (χ3v) is 2.68. The number of nitrogens with zero attached hydrogens (tertiary/aromatic N) is 1. The monoisotopic (exact) mass is 225 g/mol. The number of hydrogen-bond donors (Lipinski definition) is 2. The Hall–Kier alpha value is -1.45. The van der Waals surface area contributed by atoms with Crippen molar-refractivity contribution >= 4 is 0 Å². The first-order valence-electron chi connectivity index (χ1n) is 5.49. The predicted molar refractivity (Wildman–Crippen MR) is 61.9 cm³/mol. The lowest BCUT2D eigenvalue weighted by atomic mass is 9.83. The van der Waals surface area contributed by atoms with E-state index in [4.69, 9.17) is 5.11 Å². The highest BCUT2D eigenvalue weighted by Gasteiger charge is 2.19. The summed E-state index contributed by atoms with van der Waals surface area (Å²) in [7, 11) is 0. The lowest BCUT2D eigenvalue weighted by Gasteiger charge is -2.24. The van der Waals surface area contributed by atoms with E-state index >= 15 is 0 Å². The van der Waals surface area contributed by atoms with Crippen LogP contribution < -0.4 is 5.43 Å². The Kier molecular flexibility index (Phi) is 3.62. The zero-order valence-electron chi connectivity index (χ0n) is 10.0. The summed E-state index contributed by atoms with van der Waals surface area (Å²) in [6, 6.07) is 1.28. The quantitative estimate of drug-likeness (QED) is 0.772. The SMILES string of the molecule is CCCC(C)(C)Cc1cc(=O)c(O)cn1O. The minimum atomic E-state index is -0.451. The van der Waals surface area contributed by atoms with Gasteiger partial charge in [-0.25, -0.2) is 0 Å². The first kappa shape index (κ1) is 12.6. The fourth-order valence-corrected chi connectivity index (χ4v) is 1.94. The van der Waals surface area contributed by atoms with Crippen molar-refractivity contribution in [3.05, 3.63) is 28.2 Å². The van der Waals surface area contributed by atoms with Crippen LogP contribution in [0, 0.1) is 5.41 Å². The second-order valence-electron chi connectivity index (χ2n) is 4.95. The molecule has 0 aliphatic rings. The van der Waals surface area contributed by atoms with Crippen LogP contribution in [0.15, 0.2) is 17.1 Å². The molecule has 1 aromatic heterocycles. The van der Waals surface area contributed by atoms with Crippen LogP contribution in [-0.2, 0) is 6.42 Å². The minimum absolute atomic E-state index is 0.0304. The van der Waals surface area contributed by atoms with Gasteiger partial charge in [0.05, 0.1) is 11.9 Å². The molecule has 2 N–H and O–H groups in total. The van der Waals surface area contributed by atoms with E-state index in [0.717, 1.165) is 23.8 Å². The summed E-state index contributed by atoms with van der Waals surface area (Å²) in [6.45, 7) is 6.28. The van der Waals surface area contributed by atoms with Crippen LogP contribution in [0.2, 0.25) is 0 Å². The molecule has 0 radical (unpaired) electrons. The molecule has 90 valence electrons. The normalized spacial score (nSPS) is 11.7. The maximum atomic E-state index is 11.3. The molecule has 1 aromatic rings. The highest BCUT2D eigenvalue weighted by Crippen LogP contribution is 2.26. The summed E-state index contributed by atoms with van der Waals surface area (Å²) in [4.78, 5) is 11.3. The molecule has 0 atom stereocenters. The average molecular weight is 225 g/mol. The number of pyridine rings is 1. The van der Waals surface area contributed by atoms with Crippen LogP contribution in [0.25, 0.3) is 0 Å². The summed E-state index contributed by atoms with van der Waals surface area (Å²) >= 11 is 0. The summed E-state index contributed by atoms with van der Waals surface area (Å²) in [5, 5.41) is 18.7. The van der Waals surface area contributed by atoms with Gasteiger partial charge in [-0.2, -0.15) is 4.73 Å². The molecule has 0 bridgehead atoms. The fourth-order valence-electron chi connectivity index (χ4n) is 1.94. The highest BCUT2D eigenvalue weighted by atomic mass is 16.5. The lowest BCUT2D eigenvalue weighted by Crippen LogP contribution is -2.20. The maximum Gasteiger partial charge on any atom is 0.223 e. The van der Waals surface area contributed by atoms with Crippen LogP contribution in [0.4, 0.5) is 0 Å². The van der Waals surface area contributed by atoms with Gasteiger partial charge in [-0.3, -0.25) is 4.79 Å². The predicted octanol–water partition coefficient (Wildman–Crippen LogP) is 2.16. The molecule has 0 aliphatic carbocycles. The maximum absolute atomic E-state index is 11.3. The molecule has 0 amide bonds. The van der Waals surface area contributed by atoms with Crippen molar-refractivity contribution in [1.82, 2.24) is 4.73 Å². The molecule has 0 unspecified atom stereocenters. The first-order valence-corrected chi connectivity index (χ1v) is 5.49. The number of rotatable bonds is 4. The molecule has 0 spiro atoms. The Morgan fingerprint density at radius 3 is 2.62 bits per heavy atom. The Morgan fingerprint density at radius 2 is 2.06 bits per heavy atom. The molecule has 1 rings (SSSR count). The van der Waals surface area contributed by atoms with Gasteiger partial charge in [0.15, 0.2) is 5.75 Å². The minimum Gasteiger partial charge on any atom is -0.503 e. The molecule has 0 aromatic carbocycles. The Morgan fingerprint density at radius 1 is 1.44 bits per heavy atom. The van der Waals surface area contributed by atoms with E-state index in [2.05, 4.69) is 20.8 Å². The second-order valence-corrected chi connectivity index (χ2v) is 4.95. The van der Waals surface area contributed by atoms with E-state index in [0.29, 0.717) is 12.1 Å². The standard InChI is InChI=1S/C12H19NO3/c1-4-5-12(2,3)7-9-6-10(14)11(15)8-13(9)16/h6,8,15-16H,4-5,7H2,1-3H3. The van der Waals surface area contributed by atoms with Gasteiger partial charge >= 0.3 is 0 Å². The van der Waals surface area contributed by atoms with Crippen LogP contribution >= 0.6 is 0 Å². The topological polar surface area (TPSA) is 62.5 Å². The van der Waals surface area contributed by atoms with Gasteiger partial charge in [-0.1, -0.05) is 27.2 Å². The summed E-state index contributed by atoms with van der Waals surface area (Å²) in [6.07, 6.45) is 3.72. The third-order valence-electron chi connectivity index (χ3n) is 2.68. The van der Waals surface area contributed by atoms with Crippen molar-refractivity contribution in [2.24, 2.45) is 5.41 Å². The molecule has 0 fully saturated rings. The van der Waals surface area contributed by atoms with Crippen molar-refractivity contribution < 1.29 is 10.3 Å². The van der Waals surface area contributed by atoms with E-state index in [1.807, 2.05) is 0 Å². The van der Waals surface area contributed by atoms with Crippen molar-refractivity contribution in [3.63, 3.8) is 0 Å². The van der Waals surface area contributed by atoms with Crippen LogP contribution in [0.3, 0.4) is 0 Å². The highest BCUT2D eigenvalue weighted by molar-refractivity contribution is 5.20. The van der Waals surface area contributed by atoms with Crippen molar-refractivity contribution in [1.29, 1.82) is 0 Å². The molecular weight excluding hydrogens is 206 g/mol. The van der Waals surface area contributed by atoms with E-state index in [9.17, 15) is 10.0 Å². The Labute approximate surface area is 95.1 Å². The fraction of sp³-hybridized carbons (Fsp3) is 0.583. The van der Waals surface area contributed by atoms with Crippen molar-refractivity contribution in [2.45, 2.75) is 40.0 Å². The Bertz CT molecular complexity index is 421. The van der Waals surface area contributed by atoms with Gasteiger partial charge in [-0.05, 0) is 18.3 Å². The number of aromatic hydroxyl groups is 1. The third kappa shape index (κ3) is 3.02. The number of aromatic nitrogens is 1. The molecular formula is C12H19NO3. The van der Waals surface area contributed by atoms with Crippen LogP contribution in [-0.4, -0.2) is 15.0 Å². The van der Waals surface area contributed by atoms with Gasteiger partial charge in [0.2, 0.25) is 5.43 Å². The van der Waals surface area contributed by atoms with Gasteiger partial charge in [0.25, 0.3) is 0 Å². The van der Waals surface area contributed by atoms with Gasteiger partial charge in [-0.15, -0.1) is 0 Å². The van der Waals surface area contributed by atoms with Crippen molar-refractivity contribution in [3.8, 4) is 5.75 Å². The number of hydrogen-bond acceptors (Lipinski definition) is 3. The second kappa shape index (κ2) is 4.60. The Balaban J connectivity index is 2.98. The molecule has 4 heteroatoms. The lowest BCUT2D eigenvalue weighted by molar-refractivity contribution is 0.161. The summed E-state index contributed by atoms with van der Waals surface area (Å²) in [5.74, 6) is -0.431. The zero-order valence-corrected chi connectivity index (χ0v) is 10.0. The van der Waals surface area contributed by atoms with Crippen molar-refractivity contribution in [2.75, 3.05) is 0 Å². The van der Waals surface area contributed by atoms with Crippen LogP contribution in [0.5, 0.6) is 5.75 Å². The van der Waals surface area contributed by atoms with Gasteiger partial charge < -0.3 is 10.3 Å². The zero-order chi connectivity index (χ0) is 12.3. The summed E-state index contributed by atoms with van der Waals surface area (Å²) < 4.78 is 0.828. The van der Waals surface area contributed by atoms with E-state index in [1.165, 1.54) is 6.07 Å². The first-order chi connectivity index (χ1) is 7.35. The molecule has 0 saturated carbocycles. The summed E-state index contributed by atoms with van der Waals surface area (Å²) in [5.41, 5.74) is 0.108. The molecule has 0 aliphatic heterocycles. The van der Waals surface area contributed by atoms with E-state index in [-0.39, 0.29) is 5.41 Å². The van der Waals surface area contributed by atoms with Gasteiger partial charge in [0.1, 0.15) is 0 Å². The smallest absolute Gasteiger partial charge is 0.223 e. The largest absolute Gasteiger partial charge is 0.503 e. The molecule has 0 saturated heterocycles. The molecule has 4 nitrogen and oxygen atoms in total. The average Bonchev–Trinajstić information content (AvgIpc) is 2.13. The molecule has 16 heavy (non-hydrogen) atoms. The van der Waals surface area contributed by atoms with E-state index < -0.39 is 11.2 Å². The molecule has 1 heterocycles.